The number of halogens is 1. The van der Waals surface area contributed by atoms with E-state index in [4.69, 9.17) is 14.2 Å². The molecule has 0 unspecified atom stereocenters. The smallest absolute Gasteiger partial charge is 0.265 e. The molecule has 0 aliphatic rings. The van der Waals surface area contributed by atoms with E-state index in [1.54, 1.807) is 7.11 Å². The van der Waals surface area contributed by atoms with Crippen molar-refractivity contribution in [1.82, 2.24) is 0 Å². The van der Waals surface area contributed by atoms with Crippen LogP contribution in [0.3, 0.4) is 0 Å². The number of hydrogen-bond acceptors (Lipinski definition) is 4. The summed E-state index contributed by atoms with van der Waals surface area (Å²) in [7, 11) is 1.61. The van der Waals surface area contributed by atoms with Crippen LogP contribution in [0.2, 0.25) is 0 Å². The summed E-state index contributed by atoms with van der Waals surface area (Å²) in [5.41, 5.74) is 0. The van der Waals surface area contributed by atoms with Crippen LogP contribution < -0.4 is 0 Å². The van der Waals surface area contributed by atoms with Crippen LogP contribution in [0.25, 0.3) is 0 Å². The quantitative estimate of drug-likeness (QED) is 0.398. The molecule has 4 nitrogen and oxygen atoms in total. The molecule has 0 radical (unpaired) electrons. The summed E-state index contributed by atoms with van der Waals surface area (Å²) in [6.07, 6.45) is 0. The summed E-state index contributed by atoms with van der Waals surface area (Å²) < 4.78 is 31.3. The van der Waals surface area contributed by atoms with Gasteiger partial charge in [0.15, 0.2) is 0 Å². The van der Waals surface area contributed by atoms with Crippen molar-refractivity contribution in [3.05, 3.63) is 12.6 Å². The summed E-state index contributed by atoms with van der Waals surface area (Å²) in [6.45, 7) is 5.54. The first-order chi connectivity index (χ1) is 6.77. The van der Waals surface area contributed by atoms with Gasteiger partial charge < -0.3 is 18.9 Å². The van der Waals surface area contributed by atoms with Crippen molar-refractivity contribution >= 4 is 0 Å². The Bertz CT molecular complexity index is 141. The van der Waals surface area contributed by atoms with E-state index < -0.39 is 6.01 Å². The zero-order valence-corrected chi connectivity index (χ0v) is 8.46. The highest BCUT2D eigenvalue weighted by Gasteiger charge is 1.92. The monoisotopic (exact) mass is 208 g/mol. The average Bonchev–Trinajstić information content (AvgIpc) is 2.15. The van der Waals surface area contributed by atoms with Crippen molar-refractivity contribution in [3.8, 4) is 0 Å². The average molecular weight is 208 g/mol. The molecule has 0 fully saturated rings. The first-order valence-corrected chi connectivity index (χ1v) is 4.39. The fraction of sp³-hybridized carbons (Fsp3) is 0.778. The van der Waals surface area contributed by atoms with Crippen molar-refractivity contribution in [2.24, 2.45) is 0 Å². The summed E-state index contributed by atoms with van der Waals surface area (Å²) in [5, 5.41) is 0. The molecule has 0 rings (SSSR count). The number of hydrogen-bond donors (Lipinski definition) is 0. The summed E-state index contributed by atoms with van der Waals surface area (Å²) in [5.74, 6) is 0. The molecule has 5 heteroatoms. The van der Waals surface area contributed by atoms with Crippen LogP contribution in [0.5, 0.6) is 0 Å². The normalized spacial score (nSPS) is 10.1. The van der Waals surface area contributed by atoms with Gasteiger partial charge >= 0.3 is 0 Å². The van der Waals surface area contributed by atoms with Gasteiger partial charge in [-0.3, -0.25) is 0 Å². The molecule has 0 aromatic heterocycles. The standard InChI is InChI=1S/C9H17FO4/c1-9(10)14-8-7-13-6-5-12-4-3-11-2/h1,3-8H2,2H3. The molecule has 0 heterocycles. The maximum absolute atomic E-state index is 11.9. The van der Waals surface area contributed by atoms with Crippen LogP contribution in [0.15, 0.2) is 12.6 Å². The second kappa shape index (κ2) is 10.4. The predicted octanol–water partition coefficient (Wildman–Crippen LogP) is 1.12. The van der Waals surface area contributed by atoms with Crippen LogP contribution in [0, 0.1) is 0 Å². The van der Waals surface area contributed by atoms with E-state index in [1.165, 1.54) is 0 Å². The Labute approximate surface area is 83.6 Å². The third kappa shape index (κ3) is 11.4. The fourth-order valence-electron chi connectivity index (χ4n) is 0.676. The second-order valence-electron chi connectivity index (χ2n) is 2.42. The van der Waals surface area contributed by atoms with Gasteiger partial charge in [0.25, 0.3) is 6.01 Å². The van der Waals surface area contributed by atoms with Gasteiger partial charge in [-0.05, 0) is 6.58 Å². The fourth-order valence-corrected chi connectivity index (χ4v) is 0.676. The van der Waals surface area contributed by atoms with Crippen molar-refractivity contribution in [3.63, 3.8) is 0 Å². The Morgan fingerprint density at radius 3 is 2.00 bits per heavy atom. The maximum atomic E-state index is 11.9. The summed E-state index contributed by atoms with van der Waals surface area (Å²) in [4.78, 5) is 0. The molecule has 0 N–H and O–H groups in total. The lowest BCUT2D eigenvalue weighted by molar-refractivity contribution is 0.00722. The number of ether oxygens (including phenoxy) is 4. The molecule has 0 saturated carbocycles. The molecule has 0 bridgehead atoms. The van der Waals surface area contributed by atoms with Gasteiger partial charge in [-0.15, -0.1) is 0 Å². The van der Waals surface area contributed by atoms with E-state index >= 15 is 0 Å². The van der Waals surface area contributed by atoms with E-state index in [-0.39, 0.29) is 6.61 Å². The minimum Gasteiger partial charge on any atom is -0.469 e. The van der Waals surface area contributed by atoms with Gasteiger partial charge in [0.05, 0.1) is 33.0 Å². The Morgan fingerprint density at radius 2 is 1.50 bits per heavy atom. The van der Waals surface area contributed by atoms with Gasteiger partial charge in [-0.2, -0.15) is 4.39 Å². The summed E-state index contributed by atoms with van der Waals surface area (Å²) >= 11 is 0. The van der Waals surface area contributed by atoms with E-state index in [9.17, 15) is 4.39 Å². The minimum atomic E-state index is -0.787. The highest BCUT2D eigenvalue weighted by molar-refractivity contribution is 4.62. The molecule has 0 atom stereocenters. The minimum absolute atomic E-state index is 0.174. The Kier molecular flexibility index (Phi) is 9.95. The van der Waals surface area contributed by atoms with E-state index in [0.717, 1.165) is 0 Å². The first kappa shape index (κ1) is 13.4. The van der Waals surface area contributed by atoms with Crippen LogP contribution in [-0.2, 0) is 18.9 Å². The maximum Gasteiger partial charge on any atom is 0.265 e. The molecular weight excluding hydrogens is 191 g/mol. The Balaban J connectivity index is 2.88. The van der Waals surface area contributed by atoms with Crippen molar-refractivity contribution < 1.29 is 23.3 Å². The molecule has 0 aliphatic carbocycles. The van der Waals surface area contributed by atoms with Crippen molar-refractivity contribution in [2.75, 3.05) is 46.8 Å². The topological polar surface area (TPSA) is 36.9 Å². The van der Waals surface area contributed by atoms with Gasteiger partial charge in [-0.25, -0.2) is 0 Å². The first-order valence-electron chi connectivity index (χ1n) is 4.39. The zero-order valence-electron chi connectivity index (χ0n) is 8.46. The van der Waals surface area contributed by atoms with Gasteiger partial charge in [0, 0.05) is 7.11 Å². The second-order valence-corrected chi connectivity index (χ2v) is 2.42. The predicted molar refractivity (Wildman–Crippen MR) is 49.7 cm³/mol. The molecule has 0 aromatic rings. The SMILES string of the molecule is C=C(F)OCCOCCOCCOC. The lowest BCUT2D eigenvalue weighted by atomic mass is 10.7. The third-order valence-electron chi connectivity index (χ3n) is 1.29. The summed E-state index contributed by atoms with van der Waals surface area (Å²) in [6, 6.07) is -0.787. The molecule has 0 aromatic carbocycles. The van der Waals surface area contributed by atoms with Gasteiger partial charge in [0.2, 0.25) is 0 Å². The molecule has 84 valence electrons. The van der Waals surface area contributed by atoms with Crippen LogP contribution in [-0.4, -0.2) is 46.8 Å². The zero-order chi connectivity index (χ0) is 10.6. The lowest BCUT2D eigenvalue weighted by Gasteiger charge is -2.05. The molecular formula is C9H17FO4. The largest absolute Gasteiger partial charge is 0.469 e. The van der Waals surface area contributed by atoms with Crippen LogP contribution in [0.1, 0.15) is 0 Å². The van der Waals surface area contributed by atoms with Crippen LogP contribution >= 0.6 is 0 Å². The number of rotatable bonds is 10. The van der Waals surface area contributed by atoms with Crippen LogP contribution in [0.4, 0.5) is 4.39 Å². The number of methoxy groups -OCH3 is 1. The van der Waals surface area contributed by atoms with Gasteiger partial charge in [0.1, 0.15) is 6.61 Å². The third-order valence-corrected chi connectivity index (χ3v) is 1.29. The highest BCUT2D eigenvalue weighted by Crippen LogP contribution is 1.92. The van der Waals surface area contributed by atoms with E-state index in [2.05, 4.69) is 11.3 Å². The highest BCUT2D eigenvalue weighted by atomic mass is 19.1. The Morgan fingerprint density at radius 1 is 1.00 bits per heavy atom. The Hall–Kier alpha value is -0.650. The lowest BCUT2D eigenvalue weighted by Crippen LogP contribution is -2.10. The molecule has 0 amide bonds. The molecule has 0 spiro atoms. The van der Waals surface area contributed by atoms with E-state index in [0.29, 0.717) is 33.0 Å². The molecule has 0 aliphatic heterocycles. The van der Waals surface area contributed by atoms with E-state index in [1.807, 2.05) is 0 Å². The van der Waals surface area contributed by atoms with Gasteiger partial charge in [-0.1, -0.05) is 0 Å². The van der Waals surface area contributed by atoms with Crippen molar-refractivity contribution in [1.29, 1.82) is 0 Å². The molecule has 14 heavy (non-hydrogen) atoms. The molecule has 0 saturated heterocycles. The van der Waals surface area contributed by atoms with Crippen molar-refractivity contribution in [2.45, 2.75) is 0 Å².